The molecule has 0 aliphatic carbocycles. The summed E-state index contributed by atoms with van der Waals surface area (Å²) in [6.07, 6.45) is 0. The maximum absolute atomic E-state index is 14.2. The summed E-state index contributed by atoms with van der Waals surface area (Å²) < 4.78 is 35.0. The number of anilines is 2. The summed E-state index contributed by atoms with van der Waals surface area (Å²) in [4.78, 5) is 28.6. The topological polar surface area (TPSA) is 105 Å². The molecule has 1 atom stereocenters. The fourth-order valence-electron chi connectivity index (χ4n) is 4.69. The number of sulfonamides is 1. The number of carbonyl (C=O) groups excluding carboxylic acids is 2. The molecular weight excluding hydrogens is 594 g/mol. The number of ether oxygens (including phenoxy) is 1. The number of aryl methyl sites for hydroxylation is 1. The van der Waals surface area contributed by atoms with E-state index in [1.165, 1.54) is 24.1 Å². The van der Waals surface area contributed by atoms with Crippen molar-refractivity contribution in [2.75, 3.05) is 23.7 Å². The summed E-state index contributed by atoms with van der Waals surface area (Å²) in [6.45, 7) is 1.52. The zero-order valence-corrected chi connectivity index (χ0v) is 24.1. The first-order valence-electron chi connectivity index (χ1n) is 12.4. The molecule has 2 amide bonds. The Hall–Kier alpha value is -4.15. The van der Waals surface area contributed by atoms with Crippen LogP contribution in [-0.4, -0.2) is 38.8 Å². The van der Waals surface area contributed by atoms with Crippen molar-refractivity contribution in [2.24, 2.45) is 0 Å². The van der Waals surface area contributed by atoms with Crippen LogP contribution in [0.4, 0.5) is 11.4 Å². The normalized spacial score (nSPS) is 15.0. The molecule has 1 aliphatic heterocycles. The number of rotatable bonds is 6. The van der Waals surface area contributed by atoms with Crippen LogP contribution in [0.1, 0.15) is 33.1 Å². The van der Waals surface area contributed by atoms with Gasteiger partial charge in [-0.15, -0.1) is 0 Å². The molecular formula is C30H26BrN3O5S. The van der Waals surface area contributed by atoms with Gasteiger partial charge in [0.2, 0.25) is 5.91 Å². The number of fused-ring (bicyclic) bond motifs is 1. The predicted octanol–water partition coefficient (Wildman–Crippen LogP) is 5.75. The number of methoxy groups -OCH3 is 1. The largest absolute Gasteiger partial charge is 0.497 e. The molecule has 1 unspecified atom stereocenters. The zero-order chi connectivity index (χ0) is 28.4. The second-order valence-electron chi connectivity index (χ2n) is 9.34. The van der Waals surface area contributed by atoms with E-state index >= 15 is 0 Å². The number of benzene rings is 4. The summed E-state index contributed by atoms with van der Waals surface area (Å²) in [5.74, 6) is -0.219. The third-order valence-electron chi connectivity index (χ3n) is 6.68. The fourth-order valence-corrected chi connectivity index (χ4v) is 6.15. The number of nitrogens with one attached hydrogen (secondary N) is 2. The number of hydrogen-bond acceptors (Lipinski definition) is 5. The van der Waals surface area contributed by atoms with Crippen LogP contribution in [0.15, 0.2) is 100 Å². The molecule has 0 fully saturated rings. The molecule has 0 radical (unpaired) electrons. The predicted molar refractivity (Wildman–Crippen MR) is 157 cm³/mol. The van der Waals surface area contributed by atoms with Crippen molar-refractivity contribution >= 4 is 49.1 Å². The van der Waals surface area contributed by atoms with Crippen LogP contribution in [0, 0.1) is 6.92 Å². The van der Waals surface area contributed by atoms with Gasteiger partial charge in [0.25, 0.3) is 15.9 Å². The lowest BCUT2D eigenvalue weighted by Crippen LogP contribution is -2.39. The molecule has 0 saturated heterocycles. The number of hydrogen-bond donors (Lipinski definition) is 2. The smallest absolute Gasteiger partial charge is 0.261 e. The highest BCUT2D eigenvalue weighted by molar-refractivity contribution is 9.10. The first-order valence-corrected chi connectivity index (χ1v) is 14.7. The van der Waals surface area contributed by atoms with E-state index in [9.17, 15) is 18.0 Å². The van der Waals surface area contributed by atoms with Crippen molar-refractivity contribution in [3.05, 3.63) is 118 Å². The third-order valence-corrected chi connectivity index (χ3v) is 8.55. The van der Waals surface area contributed by atoms with Crippen LogP contribution in [0.25, 0.3) is 0 Å². The summed E-state index contributed by atoms with van der Waals surface area (Å²) in [5.41, 5.74) is 3.28. The summed E-state index contributed by atoms with van der Waals surface area (Å²) in [5, 5.41) is 2.90. The SMILES string of the molecule is COc1ccc(NS(=O)(=O)c2ccc(C)c(C(=O)N3CC(=O)Nc4ccc(Br)cc4C3c3ccccc3)c2)cc1. The van der Waals surface area contributed by atoms with Crippen LogP contribution < -0.4 is 14.8 Å². The molecule has 0 spiro atoms. The van der Waals surface area contributed by atoms with Gasteiger partial charge in [-0.1, -0.05) is 52.3 Å². The monoisotopic (exact) mass is 619 g/mol. The Labute approximate surface area is 241 Å². The van der Waals surface area contributed by atoms with Crippen LogP contribution in [0.3, 0.4) is 0 Å². The van der Waals surface area contributed by atoms with E-state index < -0.39 is 22.0 Å². The van der Waals surface area contributed by atoms with E-state index in [1.54, 1.807) is 43.3 Å². The second-order valence-corrected chi connectivity index (χ2v) is 11.9. The minimum absolute atomic E-state index is 0.0732. The molecule has 40 heavy (non-hydrogen) atoms. The third kappa shape index (κ3) is 5.59. The Morgan fingerprint density at radius 2 is 1.73 bits per heavy atom. The first-order chi connectivity index (χ1) is 19.2. The van der Waals surface area contributed by atoms with Crippen molar-refractivity contribution in [1.82, 2.24) is 4.90 Å². The second kappa shape index (κ2) is 11.1. The van der Waals surface area contributed by atoms with Gasteiger partial charge in [0.05, 0.1) is 18.0 Å². The Morgan fingerprint density at radius 1 is 1.00 bits per heavy atom. The Morgan fingerprint density at radius 3 is 2.42 bits per heavy atom. The molecule has 1 aliphatic rings. The lowest BCUT2D eigenvalue weighted by Gasteiger charge is -2.31. The molecule has 0 bridgehead atoms. The highest BCUT2D eigenvalue weighted by Gasteiger charge is 2.35. The molecule has 204 valence electrons. The number of amides is 2. The van der Waals surface area contributed by atoms with Crippen molar-refractivity contribution in [2.45, 2.75) is 17.9 Å². The minimum Gasteiger partial charge on any atom is -0.497 e. The van der Waals surface area contributed by atoms with E-state index in [4.69, 9.17) is 4.74 Å². The van der Waals surface area contributed by atoms with Gasteiger partial charge in [-0.05, 0) is 72.6 Å². The average Bonchev–Trinajstić information content (AvgIpc) is 3.09. The fraction of sp³-hybridized carbons (Fsp3) is 0.133. The lowest BCUT2D eigenvalue weighted by molar-refractivity contribution is -0.117. The van der Waals surface area contributed by atoms with Crippen LogP contribution in [0.5, 0.6) is 5.75 Å². The standard InChI is InChI=1S/C30H26BrN3O5S/c1-19-8-14-24(40(37,38)33-22-10-12-23(39-2)13-11-22)17-25(19)30(36)34-18-28(35)32-27-15-9-21(31)16-26(27)29(34)20-6-4-3-5-7-20/h3-17,29,33H,18H2,1-2H3,(H,32,35). The summed E-state index contributed by atoms with van der Waals surface area (Å²) in [6, 6.07) is 25.2. The van der Waals surface area contributed by atoms with E-state index in [2.05, 4.69) is 26.0 Å². The Bertz CT molecular complexity index is 1690. The first kappa shape index (κ1) is 27.4. The molecule has 8 nitrogen and oxygen atoms in total. The van der Waals surface area contributed by atoms with E-state index in [1.807, 2.05) is 42.5 Å². The van der Waals surface area contributed by atoms with E-state index in [-0.39, 0.29) is 22.9 Å². The van der Waals surface area contributed by atoms with Gasteiger partial charge in [0.1, 0.15) is 12.3 Å². The maximum atomic E-state index is 14.2. The molecule has 10 heteroatoms. The van der Waals surface area contributed by atoms with Crippen molar-refractivity contribution in [3.8, 4) is 5.75 Å². The molecule has 1 heterocycles. The van der Waals surface area contributed by atoms with Gasteiger partial charge in [-0.3, -0.25) is 14.3 Å². The molecule has 2 N–H and O–H groups in total. The Kier molecular flexibility index (Phi) is 7.64. The maximum Gasteiger partial charge on any atom is 0.261 e. The summed E-state index contributed by atoms with van der Waals surface area (Å²) in [7, 11) is -2.50. The van der Waals surface area contributed by atoms with Gasteiger partial charge in [0.15, 0.2) is 0 Å². The van der Waals surface area contributed by atoms with Crippen LogP contribution in [-0.2, 0) is 14.8 Å². The van der Waals surface area contributed by atoms with Crippen molar-refractivity contribution < 1.29 is 22.7 Å². The quantitative estimate of drug-likeness (QED) is 0.286. The Balaban J connectivity index is 1.56. The molecule has 4 aromatic carbocycles. The summed E-state index contributed by atoms with van der Waals surface area (Å²) >= 11 is 3.51. The van der Waals surface area contributed by atoms with Crippen LogP contribution >= 0.6 is 15.9 Å². The van der Waals surface area contributed by atoms with Crippen molar-refractivity contribution in [1.29, 1.82) is 0 Å². The van der Waals surface area contributed by atoms with E-state index in [0.717, 1.165) is 15.6 Å². The van der Waals surface area contributed by atoms with E-state index in [0.29, 0.717) is 22.7 Å². The highest BCUT2D eigenvalue weighted by atomic mass is 79.9. The van der Waals surface area contributed by atoms with Gasteiger partial charge in [0, 0.05) is 27.0 Å². The van der Waals surface area contributed by atoms with Crippen molar-refractivity contribution in [3.63, 3.8) is 0 Å². The van der Waals surface area contributed by atoms with Gasteiger partial charge in [-0.2, -0.15) is 0 Å². The molecule has 4 aromatic rings. The minimum atomic E-state index is -4.02. The number of halogens is 1. The molecule has 0 aromatic heterocycles. The number of carbonyl (C=O) groups is 2. The number of nitrogens with zero attached hydrogens (tertiary/aromatic N) is 1. The molecule has 5 rings (SSSR count). The van der Waals surface area contributed by atoms with Gasteiger partial charge < -0.3 is 15.0 Å². The molecule has 0 saturated carbocycles. The highest BCUT2D eigenvalue weighted by Crippen LogP contribution is 2.38. The zero-order valence-electron chi connectivity index (χ0n) is 21.7. The van der Waals surface area contributed by atoms with Crippen LogP contribution in [0.2, 0.25) is 0 Å². The lowest BCUT2D eigenvalue weighted by atomic mass is 9.95. The van der Waals surface area contributed by atoms with Gasteiger partial charge in [-0.25, -0.2) is 8.42 Å². The van der Waals surface area contributed by atoms with Gasteiger partial charge >= 0.3 is 0 Å². The average molecular weight is 621 g/mol.